The molecule has 210 valence electrons. The third-order valence-corrected chi connectivity index (χ3v) is 9.30. The Hall–Kier alpha value is -3.20. The summed E-state index contributed by atoms with van der Waals surface area (Å²) in [6.07, 6.45) is 7.92. The van der Waals surface area contributed by atoms with Gasteiger partial charge in [0.05, 0.1) is 12.2 Å². The number of halogens is 1. The Morgan fingerprint density at radius 1 is 1.12 bits per heavy atom. The number of benzene rings is 2. The second-order valence-electron chi connectivity index (χ2n) is 11.5. The van der Waals surface area contributed by atoms with E-state index in [-0.39, 0.29) is 36.4 Å². The zero-order valence-corrected chi connectivity index (χ0v) is 24.8. The molecule has 2 aromatic carbocycles. The van der Waals surface area contributed by atoms with Crippen molar-refractivity contribution in [1.29, 1.82) is 0 Å². The zero-order valence-electron chi connectivity index (χ0n) is 23.2. The van der Waals surface area contributed by atoms with Gasteiger partial charge in [-0.15, -0.1) is 5.10 Å². The molecule has 6 rings (SSSR count). The van der Waals surface area contributed by atoms with E-state index in [1.165, 1.54) is 6.42 Å². The molecule has 1 saturated carbocycles. The summed E-state index contributed by atoms with van der Waals surface area (Å²) >= 11 is 3.78. The Morgan fingerprint density at radius 2 is 1.93 bits per heavy atom. The zero-order chi connectivity index (χ0) is 27.8. The average Bonchev–Trinajstić information content (AvgIpc) is 3.58. The highest BCUT2D eigenvalue weighted by Gasteiger charge is 2.40. The Kier molecular flexibility index (Phi) is 7.66. The van der Waals surface area contributed by atoms with Crippen molar-refractivity contribution < 1.29 is 14.3 Å². The van der Waals surface area contributed by atoms with E-state index in [9.17, 15) is 9.59 Å². The van der Waals surface area contributed by atoms with E-state index in [1.807, 2.05) is 57.1 Å². The summed E-state index contributed by atoms with van der Waals surface area (Å²) in [5.74, 6) is 1.01. The minimum Gasteiger partial charge on any atom is -0.487 e. The Bertz CT molecular complexity index is 1410. The van der Waals surface area contributed by atoms with E-state index in [2.05, 4.69) is 40.1 Å². The Labute approximate surface area is 243 Å². The van der Waals surface area contributed by atoms with Crippen LogP contribution in [0.15, 0.2) is 47.1 Å². The largest absolute Gasteiger partial charge is 0.487 e. The maximum absolute atomic E-state index is 14.0. The van der Waals surface area contributed by atoms with E-state index in [0.717, 1.165) is 70.3 Å². The molecule has 0 radical (unpaired) electrons. The quantitative estimate of drug-likeness (QED) is 0.337. The Balaban J connectivity index is 1.34. The number of nitrogens with zero attached hydrogens (tertiary/aromatic N) is 5. The van der Waals surface area contributed by atoms with Crippen LogP contribution in [0, 0.1) is 5.92 Å². The molecule has 0 bridgehead atoms. The van der Waals surface area contributed by atoms with E-state index in [1.54, 1.807) is 0 Å². The number of hydrogen-bond acceptors (Lipinski definition) is 5. The number of aromatic nitrogens is 3. The van der Waals surface area contributed by atoms with Crippen molar-refractivity contribution >= 4 is 27.7 Å². The molecule has 2 aliphatic heterocycles. The molecular formula is C31H36BrN5O3. The van der Waals surface area contributed by atoms with Crippen LogP contribution in [0.4, 0.5) is 0 Å². The van der Waals surface area contributed by atoms with Crippen LogP contribution in [0.25, 0.3) is 0 Å². The first-order chi connectivity index (χ1) is 19.4. The van der Waals surface area contributed by atoms with Gasteiger partial charge in [0.1, 0.15) is 18.1 Å². The predicted molar refractivity (Wildman–Crippen MR) is 155 cm³/mol. The first-order valence-electron chi connectivity index (χ1n) is 14.4. The minimum absolute atomic E-state index is 0.0237. The normalized spacial score (nSPS) is 19.2. The number of hydrogen-bond donors (Lipinski definition) is 0. The fourth-order valence-electron chi connectivity index (χ4n) is 6.40. The van der Waals surface area contributed by atoms with Crippen LogP contribution >= 0.6 is 15.9 Å². The third-order valence-electron chi connectivity index (χ3n) is 8.56. The maximum atomic E-state index is 14.0. The van der Waals surface area contributed by atoms with Crippen LogP contribution in [-0.4, -0.2) is 49.7 Å². The first kappa shape index (κ1) is 27.0. The van der Waals surface area contributed by atoms with Crippen molar-refractivity contribution in [2.24, 2.45) is 5.92 Å². The molecule has 40 heavy (non-hydrogen) atoms. The van der Waals surface area contributed by atoms with Gasteiger partial charge in [-0.1, -0.05) is 58.6 Å². The van der Waals surface area contributed by atoms with Gasteiger partial charge in [0.25, 0.3) is 5.91 Å². The average molecular weight is 607 g/mol. The third kappa shape index (κ3) is 5.16. The van der Waals surface area contributed by atoms with E-state index in [4.69, 9.17) is 4.74 Å². The summed E-state index contributed by atoms with van der Waals surface area (Å²) < 4.78 is 9.24. The molecule has 1 aromatic heterocycles. The van der Waals surface area contributed by atoms with Gasteiger partial charge in [-0.05, 0) is 62.4 Å². The number of rotatable bonds is 7. The van der Waals surface area contributed by atoms with Crippen LogP contribution in [0.3, 0.4) is 0 Å². The van der Waals surface area contributed by atoms with Crippen molar-refractivity contribution in [3.8, 4) is 5.75 Å². The molecular weight excluding hydrogens is 570 g/mol. The number of ether oxygens (including phenoxy) is 1. The van der Waals surface area contributed by atoms with Gasteiger partial charge in [-0.3, -0.25) is 9.59 Å². The summed E-state index contributed by atoms with van der Waals surface area (Å²) in [7, 11) is 0. The summed E-state index contributed by atoms with van der Waals surface area (Å²) in [6.45, 7) is 6.00. The van der Waals surface area contributed by atoms with Crippen molar-refractivity contribution in [3.63, 3.8) is 0 Å². The van der Waals surface area contributed by atoms with Gasteiger partial charge < -0.3 is 14.5 Å². The van der Waals surface area contributed by atoms with Crippen LogP contribution in [0.2, 0.25) is 0 Å². The van der Waals surface area contributed by atoms with E-state index < -0.39 is 0 Å². The summed E-state index contributed by atoms with van der Waals surface area (Å²) in [5, 5.41) is 8.49. The second-order valence-corrected chi connectivity index (χ2v) is 12.3. The van der Waals surface area contributed by atoms with Crippen molar-refractivity contribution in [2.75, 3.05) is 13.1 Å². The molecule has 1 aliphatic carbocycles. The van der Waals surface area contributed by atoms with Crippen molar-refractivity contribution in [2.45, 2.75) is 77.6 Å². The van der Waals surface area contributed by atoms with Gasteiger partial charge in [0.2, 0.25) is 5.91 Å². The maximum Gasteiger partial charge on any atom is 0.254 e. The lowest BCUT2D eigenvalue weighted by molar-refractivity contribution is -0.140. The molecule has 0 saturated heterocycles. The molecule has 2 amide bonds. The highest BCUT2D eigenvalue weighted by molar-refractivity contribution is 9.10. The molecule has 9 heteroatoms. The molecule has 1 fully saturated rings. The SMILES string of the molecule is CC(C)n1cc(COc2ccc(Br)c3c2[C@@H](CN2Cc4ccccc4C2=O)N(C(=O)C2CCCCC2)CC3)nn1. The fourth-order valence-corrected chi connectivity index (χ4v) is 6.94. The number of carbonyl (C=O) groups is 2. The lowest BCUT2D eigenvalue weighted by atomic mass is 9.85. The van der Waals surface area contributed by atoms with Gasteiger partial charge in [0.15, 0.2) is 0 Å². The smallest absolute Gasteiger partial charge is 0.254 e. The van der Waals surface area contributed by atoms with Crippen LogP contribution in [-0.2, 0) is 24.4 Å². The van der Waals surface area contributed by atoms with Crippen molar-refractivity contribution in [3.05, 3.63) is 75.0 Å². The van der Waals surface area contributed by atoms with Gasteiger partial charge >= 0.3 is 0 Å². The summed E-state index contributed by atoms with van der Waals surface area (Å²) in [4.78, 5) is 31.4. The molecule has 0 unspecified atom stereocenters. The van der Waals surface area contributed by atoms with Crippen LogP contribution in [0.5, 0.6) is 5.75 Å². The molecule has 3 aliphatic rings. The second kappa shape index (κ2) is 11.4. The number of fused-ring (bicyclic) bond motifs is 2. The predicted octanol–water partition coefficient (Wildman–Crippen LogP) is 5.86. The van der Waals surface area contributed by atoms with E-state index in [0.29, 0.717) is 19.6 Å². The molecule has 3 aromatic rings. The Morgan fingerprint density at radius 3 is 2.67 bits per heavy atom. The molecule has 0 N–H and O–H groups in total. The monoisotopic (exact) mass is 605 g/mol. The minimum atomic E-state index is -0.296. The lowest BCUT2D eigenvalue weighted by Gasteiger charge is -2.42. The lowest BCUT2D eigenvalue weighted by Crippen LogP contribution is -2.48. The molecule has 3 heterocycles. The summed E-state index contributed by atoms with van der Waals surface area (Å²) in [6, 6.07) is 11.7. The first-order valence-corrected chi connectivity index (χ1v) is 15.2. The highest BCUT2D eigenvalue weighted by Crippen LogP contribution is 2.43. The standard InChI is InChI=1S/C31H36BrN5O3/c1-20(2)37-17-23(33-34-37)19-40-28-13-12-26(32)25-14-15-36(30(38)21-8-4-3-5-9-21)27(29(25)28)18-35-16-22-10-6-7-11-24(22)31(35)39/h6-7,10-13,17,20-21,27H,3-5,8-9,14-16,18-19H2,1-2H3/t27-/m1/s1. The van der Waals surface area contributed by atoms with Gasteiger partial charge in [-0.2, -0.15) is 0 Å². The molecule has 8 nitrogen and oxygen atoms in total. The van der Waals surface area contributed by atoms with Crippen molar-refractivity contribution in [1.82, 2.24) is 24.8 Å². The number of amides is 2. The fraction of sp³-hybridized carbons (Fsp3) is 0.484. The molecule has 1 atom stereocenters. The van der Waals surface area contributed by atoms with E-state index >= 15 is 0 Å². The molecule has 0 spiro atoms. The summed E-state index contributed by atoms with van der Waals surface area (Å²) in [5.41, 5.74) is 4.67. The number of carbonyl (C=O) groups excluding carboxylic acids is 2. The highest BCUT2D eigenvalue weighted by atomic mass is 79.9. The van der Waals surface area contributed by atoms with Gasteiger partial charge in [-0.25, -0.2) is 4.68 Å². The van der Waals surface area contributed by atoms with Crippen LogP contribution in [0.1, 0.15) is 90.8 Å². The van der Waals surface area contributed by atoms with Crippen LogP contribution < -0.4 is 4.74 Å². The topological polar surface area (TPSA) is 80.6 Å². The van der Waals surface area contributed by atoms with Gasteiger partial charge in [0, 0.05) is 47.2 Å².